The molecule has 7 nitrogen and oxygen atoms in total. The van der Waals surface area contributed by atoms with Crippen LogP contribution in [0.15, 0.2) is 41.6 Å². The molecule has 166 valence electrons. The molecule has 31 heavy (non-hydrogen) atoms. The number of amides is 2. The molecule has 7 heteroatoms. The molecule has 2 amide bonds. The van der Waals surface area contributed by atoms with Crippen molar-refractivity contribution in [3.05, 3.63) is 63.8 Å². The van der Waals surface area contributed by atoms with Gasteiger partial charge in [-0.1, -0.05) is 39.2 Å². The van der Waals surface area contributed by atoms with Crippen molar-refractivity contribution in [2.45, 2.75) is 65.0 Å². The van der Waals surface area contributed by atoms with Gasteiger partial charge in [-0.05, 0) is 30.9 Å². The third-order valence-corrected chi connectivity index (χ3v) is 5.48. The summed E-state index contributed by atoms with van der Waals surface area (Å²) < 4.78 is 1.77. The molecule has 0 atom stereocenters. The largest absolute Gasteiger partial charge is 0.352 e. The summed E-state index contributed by atoms with van der Waals surface area (Å²) in [6.07, 6.45) is 10.6. The molecule has 0 aromatic carbocycles. The van der Waals surface area contributed by atoms with E-state index in [1.54, 1.807) is 23.2 Å². The quantitative estimate of drug-likeness (QED) is 0.681. The summed E-state index contributed by atoms with van der Waals surface area (Å²) in [6.45, 7) is 5.06. The summed E-state index contributed by atoms with van der Waals surface area (Å²) in [7, 11) is 0. The molecule has 1 aliphatic carbocycles. The Morgan fingerprint density at radius 3 is 2.45 bits per heavy atom. The summed E-state index contributed by atoms with van der Waals surface area (Å²) >= 11 is 0. The Labute approximate surface area is 183 Å². The molecular formula is C24H32N4O3. The van der Waals surface area contributed by atoms with Gasteiger partial charge in [0.1, 0.15) is 11.1 Å². The topological polar surface area (TPSA) is 93.1 Å². The van der Waals surface area contributed by atoms with Crippen molar-refractivity contribution in [1.29, 1.82) is 0 Å². The van der Waals surface area contributed by atoms with Gasteiger partial charge >= 0.3 is 0 Å². The molecule has 0 radical (unpaired) electrons. The van der Waals surface area contributed by atoms with E-state index in [-0.39, 0.29) is 17.2 Å². The van der Waals surface area contributed by atoms with Gasteiger partial charge in [-0.3, -0.25) is 19.4 Å². The van der Waals surface area contributed by atoms with Crippen LogP contribution in [0.3, 0.4) is 0 Å². The first-order valence-corrected chi connectivity index (χ1v) is 11.2. The zero-order valence-corrected chi connectivity index (χ0v) is 18.4. The lowest BCUT2D eigenvalue weighted by Crippen LogP contribution is -2.40. The highest BCUT2D eigenvalue weighted by molar-refractivity contribution is 5.99. The minimum atomic E-state index is -0.524. The number of hydrogen-bond donors (Lipinski definition) is 2. The molecule has 1 aliphatic rings. The summed E-state index contributed by atoms with van der Waals surface area (Å²) in [5.41, 5.74) is 0.367. The number of carbonyl (C=O) groups is 2. The Bertz CT molecular complexity index is 947. The predicted molar refractivity (Wildman–Crippen MR) is 120 cm³/mol. The highest BCUT2D eigenvalue weighted by atomic mass is 16.2. The lowest BCUT2D eigenvalue weighted by molar-refractivity contribution is 0.0925. The van der Waals surface area contributed by atoms with E-state index in [1.165, 1.54) is 6.42 Å². The van der Waals surface area contributed by atoms with E-state index in [9.17, 15) is 14.4 Å². The van der Waals surface area contributed by atoms with E-state index in [4.69, 9.17) is 0 Å². The molecule has 2 aromatic heterocycles. The SMILES string of the molecule is CC(C)Cn1cc(C(=O)NCCc2ccccn2)c(=O)c(C(=O)NC2CCCCC2)c1. The van der Waals surface area contributed by atoms with Crippen LogP contribution < -0.4 is 16.1 Å². The van der Waals surface area contributed by atoms with Crippen LogP contribution in [0, 0.1) is 5.92 Å². The molecule has 1 saturated carbocycles. The molecule has 2 aromatic rings. The van der Waals surface area contributed by atoms with Gasteiger partial charge in [-0.25, -0.2) is 0 Å². The van der Waals surface area contributed by atoms with E-state index in [0.29, 0.717) is 25.4 Å². The second-order valence-electron chi connectivity index (χ2n) is 8.64. The van der Waals surface area contributed by atoms with Gasteiger partial charge in [0, 0.05) is 49.8 Å². The Balaban J connectivity index is 1.77. The third kappa shape index (κ3) is 6.51. The molecule has 3 rings (SSSR count). The third-order valence-electron chi connectivity index (χ3n) is 5.48. The van der Waals surface area contributed by atoms with Crippen LogP contribution in [0.1, 0.15) is 72.4 Å². The van der Waals surface area contributed by atoms with Crippen LogP contribution in [0.25, 0.3) is 0 Å². The van der Waals surface area contributed by atoms with Gasteiger partial charge in [0.15, 0.2) is 0 Å². The smallest absolute Gasteiger partial charge is 0.256 e. The van der Waals surface area contributed by atoms with Crippen molar-refractivity contribution in [3.8, 4) is 0 Å². The number of rotatable bonds is 8. The van der Waals surface area contributed by atoms with E-state index in [0.717, 1.165) is 31.4 Å². The molecule has 1 fully saturated rings. The fraction of sp³-hybridized carbons (Fsp3) is 0.500. The van der Waals surface area contributed by atoms with Gasteiger partial charge in [0.25, 0.3) is 11.8 Å². The molecule has 2 heterocycles. The average Bonchev–Trinajstić information content (AvgIpc) is 2.75. The molecular weight excluding hydrogens is 392 g/mol. The fourth-order valence-corrected chi connectivity index (χ4v) is 3.94. The number of nitrogens with one attached hydrogen (secondary N) is 2. The Kier molecular flexibility index (Phi) is 7.98. The standard InChI is InChI=1S/C24H32N4O3/c1-17(2)14-28-15-20(23(30)26-13-11-18-8-6-7-12-25-18)22(29)21(16-28)24(31)27-19-9-4-3-5-10-19/h6-8,12,15-17,19H,3-5,9-11,13-14H2,1-2H3,(H,26,30)(H,27,31). The summed E-state index contributed by atoms with van der Waals surface area (Å²) in [5, 5.41) is 5.79. The van der Waals surface area contributed by atoms with E-state index < -0.39 is 17.2 Å². The Morgan fingerprint density at radius 1 is 1.10 bits per heavy atom. The number of pyridine rings is 2. The Hall–Kier alpha value is -2.96. The monoisotopic (exact) mass is 424 g/mol. The predicted octanol–water partition coefficient (Wildman–Crippen LogP) is 2.93. The maximum atomic E-state index is 13.0. The van der Waals surface area contributed by atoms with Gasteiger partial charge < -0.3 is 15.2 Å². The van der Waals surface area contributed by atoms with E-state index >= 15 is 0 Å². The lowest BCUT2D eigenvalue weighted by Gasteiger charge is -2.23. The normalized spacial score (nSPS) is 14.4. The van der Waals surface area contributed by atoms with Crippen LogP contribution in [-0.4, -0.2) is 34.0 Å². The van der Waals surface area contributed by atoms with Crippen LogP contribution >= 0.6 is 0 Å². The lowest BCUT2D eigenvalue weighted by atomic mass is 9.95. The van der Waals surface area contributed by atoms with E-state index in [1.807, 2.05) is 32.0 Å². The average molecular weight is 425 g/mol. The first-order chi connectivity index (χ1) is 14.9. The number of hydrogen-bond acceptors (Lipinski definition) is 4. The van der Waals surface area contributed by atoms with Crippen molar-refractivity contribution in [2.75, 3.05) is 6.54 Å². The maximum Gasteiger partial charge on any atom is 0.256 e. The minimum Gasteiger partial charge on any atom is -0.352 e. The summed E-state index contributed by atoms with van der Waals surface area (Å²) in [5.74, 6) is -0.555. The number of aromatic nitrogens is 2. The first kappa shape index (κ1) is 22.7. The molecule has 0 spiro atoms. The highest BCUT2D eigenvalue weighted by Gasteiger charge is 2.22. The molecule has 0 saturated heterocycles. The maximum absolute atomic E-state index is 13.0. The van der Waals surface area contributed by atoms with Crippen LogP contribution in [-0.2, 0) is 13.0 Å². The first-order valence-electron chi connectivity index (χ1n) is 11.2. The van der Waals surface area contributed by atoms with Crippen molar-refractivity contribution in [2.24, 2.45) is 5.92 Å². The number of carbonyl (C=O) groups excluding carboxylic acids is 2. The van der Waals surface area contributed by atoms with Crippen LogP contribution in [0.4, 0.5) is 0 Å². The van der Waals surface area contributed by atoms with Crippen molar-refractivity contribution in [1.82, 2.24) is 20.2 Å². The second-order valence-corrected chi connectivity index (χ2v) is 8.64. The minimum absolute atomic E-state index is 0.00188. The van der Waals surface area contributed by atoms with Crippen molar-refractivity contribution in [3.63, 3.8) is 0 Å². The van der Waals surface area contributed by atoms with Crippen molar-refractivity contribution >= 4 is 11.8 Å². The zero-order chi connectivity index (χ0) is 22.2. The zero-order valence-electron chi connectivity index (χ0n) is 18.4. The fourth-order valence-electron chi connectivity index (χ4n) is 3.94. The highest BCUT2D eigenvalue weighted by Crippen LogP contribution is 2.17. The molecule has 2 N–H and O–H groups in total. The Morgan fingerprint density at radius 2 is 1.81 bits per heavy atom. The van der Waals surface area contributed by atoms with Gasteiger partial charge in [-0.2, -0.15) is 0 Å². The summed E-state index contributed by atoms with van der Waals surface area (Å²) in [6, 6.07) is 5.71. The van der Waals surface area contributed by atoms with Crippen LogP contribution in [0.5, 0.6) is 0 Å². The molecule has 0 unspecified atom stereocenters. The second kappa shape index (κ2) is 10.9. The summed E-state index contributed by atoms with van der Waals surface area (Å²) in [4.78, 5) is 42.9. The van der Waals surface area contributed by atoms with Gasteiger partial charge in [-0.15, -0.1) is 0 Å². The van der Waals surface area contributed by atoms with Crippen molar-refractivity contribution < 1.29 is 9.59 Å². The van der Waals surface area contributed by atoms with Gasteiger partial charge in [0.2, 0.25) is 5.43 Å². The van der Waals surface area contributed by atoms with Crippen LogP contribution in [0.2, 0.25) is 0 Å². The molecule has 0 bridgehead atoms. The van der Waals surface area contributed by atoms with E-state index in [2.05, 4.69) is 15.6 Å². The number of nitrogens with zero attached hydrogens (tertiary/aromatic N) is 2. The van der Waals surface area contributed by atoms with Gasteiger partial charge in [0.05, 0.1) is 0 Å². The molecule has 0 aliphatic heterocycles.